The third kappa shape index (κ3) is 3.70. The number of aryl methyl sites for hydroxylation is 1. The topological polar surface area (TPSA) is 47.6 Å². The van der Waals surface area contributed by atoms with Crippen molar-refractivity contribution in [1.82, 2.24) is 5.32 Å². The van der Waals surface area contributed by atoms with E-state index in [0.29, 0.717) is 12.6 Å². The first-order chi connectivity index (χ1) is 9.22. The number of hydrogen-bond donors (Lipinski definition) is 1. The van der Waals surface area contributed by atoms with Gasteiger partial charge in [0.25, 0.3) is 0 Å². The summed E-state index contributed by atoms with van der Waals surface area (Å²) >= 11 is 0. The minimum atomic E-state index is -0.326. The minimum Gasteiger partial charge on any atom is -0.482 e. The molecule has 0 saturated carbocycles. The maximum absolute atomic E-state index is 11.2. The lowest BCUT2D eigenvalue weighted by Gasteiger charge is -2.24. The molecule has 1 atom stereocenters. The summed E-state index contributed by atoms with van der Waals surface area (Å²) in [7, 11) is 2.00. The van der Waals surface area contributed by atoms with Gasteiger partial charge in [0.15, 0.2) is 6.61 Å². The minimum absolute atomic E-state index is 0.0257. The average molecular weight is 263 g/mol. The largest absolute Gasteiger partial charge is 0.482 e. The molecule has 0 spiro atoms. The highest BCUT2D eigenvalue weighted by molar-refractivity contribution is 5.71. The third-order valence-corrected chi connectivity index (χ3v) is 3.48. The van der Waals surface area contributed by atoms with E-state index in [1.54, 1.807) is 6.92 Å². The molecule has 0 saturated heterocycles. The monoisotopic (exact) mass is 263 g/mol. The van der Waals surface area contributed by atoms with Crippen LogP contribution in [0.3, 0.4) is 0 Å². The second kappa shape index (κ2) is 6.57. The molecule has 0 bridgehead atoms. The number of benzene rings is 1. The van der Waals surface area contributed by atoms with Crippen LogP contribution < -0.4 is 10.1 Å². The summed E-state index contributed by atoms with van der Waals surface area (Å²) in [4.78, 5) is 11.2. The molecule has 1 aromatic carbocycles. The van der Waals surface area contributed by atoms with E-state index in [2.05, 4.69) is 11.4 Å². The molecule has 1 unspecified atom stereocenters. The Balaban J connectivity index is 1.98. The molecule has 1 aromatic rings. The smallest absolute Gasteiger partial charge is 0.344 e. The molecule has 0 aliphatic heterocycles. The summed E-state index contributed by atoms with van der Waals surface area (Å²) in [5.74, 6) is 0.414. The van der Waals surface area contributed by atoms with Gasteiger partial charge in [-0.3, -0.25) is 0 Å². The molecule has 19 heavy (non-hydrogen) atoms. The van der Waals surface area contributed by atoms with Crippen molar-refractivity contribution in [1.29, 1.82) is 0 Å². The van der Waals surface area contributed by atoms with Crippen LogP contribution in [0.25, 0.3) is 0 Å². The van der Waals surface area contributed by atoms with Gasteiger partial charge in [-0.05, 0) is 56.5 Å². The zero-order valence-electron chi connectivity index (χ0n) is 11.6. The number of esters is 1. The van der Waals surface area contributed by atoms with Gasteiger partial charge in [-0.25, -0.2) is 4.79 Å². The normalized spacial score (nSPS) is 17.7. The van der Waals surface area contributed by atoms with Crippen molar-refractivity contribution in [2.24, 2.45) is 0 Å². The van der Waals surface area contributed by atoms with Gasteiger partial charge >= 0.3 is 5.97 Å². The maximum atomic E-state index is 11.2. The number of carbonyl (C=O) groups is 1. The fourth-order valence-electron chi connectivity index (χ4n) is 2.41. The second-order valence-electron chi connectivity index (χ2n) is 4.75. The number of likely N-dealkylation sites (N-methyl/N-ethyl adjacent to an activating group) is 1. The lowest BCUT2D eigenvalue weighted by atomic mass is 9.88. The number of rotatable bonds is 5. The van der Waals surface area contributed by atoms with Crippen molar-refractivity contribution in [3.8, 4) is 5.75 Å². The van der Waals surface area contributed by atoms with Gasteiger partial charge in [-0.2, -0.15) is 0 Å². The Bertz CT molecular complexity index is 445. The molecule has 0 radical (unpaired) electrons. The van der Waals surface area contributed by atoms with Gasteiger partial charge in [0.05, 0.1) is 6.61 Å². The first kappa shape index (κ1) is 13.9. The van der Waals surface area contributed by atoms with E-state index in [9.17, 15) is 4.79 Å². The Hall–Kier alpha value is -1.55. The van der Waals surface area contributed by atoms with Gasteiger partial charge in [-0.1, -0.05) is 6.07 Å². The molecule has 0 heterocycles. The summed E-state index contributed by atoms with van der Waals surface area (Å²) in [5.41, 5.74) is 2.70. The molecule has 0 aromatic heterocycles. The number of ether oxygens (including phenoxy) is 2. The van der Waals surface area contributed by atoms with Gasteiger partial charge in [0.1, 0.15) is 5.75 Å². The Morgan fingerprint density at radius 3 is 3.00 bits per heavy atom. The van der Waals surface area contributed by atoms with E-state index in [-0.39, 0.29) is 12.6 Å². The highest BCUT2D eigenvalue weighted by atomic mass is 16.6. The summed E-state index contributed by atoms with van der Waals surface area (Å²) in [6, 6.07) is 6.60. The lowest BCUT2D eigenvalue weighted by molar-refractivity contribution is -0.145. The van der Waals surface area contributed by atoms with E-state index in [1.165, 1.54) is 17.5 Å². The fourth-order valence-corrected chi connectivity index (χ4v) is 2.41. The highest BCUT2D eigenvalue weighted by Crippen LogP contribution is 2.25. The Morgan fingerprint density at radius 1 is 1.42 bits per heavy atom. The fraction of sp³-hybridized carbons (Fsp3) is 0.533. The molecular weight excluding hydrogens is 242 g/mol. The molecule has 1 aliphatic rings. The van der Waals surface area contributed by atoms with E-state index >= 15 is 0 Å². The van der Waals surface area contributed by atoms with E-state index in [0.717, 1.165) is 18.6 Å². The molecule has 1 N–H and O–H groups in total. The number of fused-ring (bicyclic) bond motifs is 1. The number of hydrogen-bond acceptors (Lipinski definition) is 4. The van der Waals surface area contributed by atoms with Crippen molar-refractivity contribution in [2.75, 3.05) is 20.3 Å². The second-order valence-corrected chi connectivity index (χ2v) is 4.75. The summed E-state index contributed by atoms with van der Waals surface area (Å²) in [6.45, 7) is 2.15. The van der Waals surface area contributed by atoms with E-state index in [4.69, 9.17) is 9.47 Å². The summed E-state index contributed by atoms with van der Waals surface area (Å²) in [5, 5.41) is 3.32. The van der Waals surface area contributed by atoms with E-state index < -0.39 is 0 Å². The van der Waals surface area contributed by atoms with Gasteiger partial charge < -0.3 is 14.8 Å². The van der Waals surface area contributed by atoms with Gasteiger partial charge in [-0.15, -0.1) is 0 Å². The van der Waals surface area contributed by atoms with Crippen LogP contribution in [0, 0.1) is 0 Å². The molecule has 4 nitrogen and oxygen atoms in total. The molecule has 4 heteroatoms. The predicted octanol–water partition coefficient (Wildman–Crippen LogP) is 1.71. The van der Waals surface area contributed by atoms with Crippen molar-refractivity contribution in [3.05, 3.63) is 29.3 Å². The molecule has 0 fully saturated rings. The van der Waals surface area contributed by atoms with Crippen LogP contribution in [0.1, 0.15) is 24.5 Å². The SMILES string of the molecule is CCOC(=O)COc1ccc2c(c1)CC(NC)CC2. The molecule has 0 amide bonds. The van der Waals surface area contributed by atoms with Crippen molar-refractivity contribution in [2.45, 2.75) is 32.2 Å². The van der Waals surface area contributed by atoms with Crippen molar-refractivity contribution >= 4 is 5.97 Å². The van der Waals surface area contributed by atoms with Crippen LogP contribution >= 0.6 is 0 Å². The molecule has 104 valence electrons. The third-order valence-electron chi connectivity index (χ3n) is 3.48. The Morgan fingerprint density at radius 2 is 2.26 bits per heavy atom. The van der Waals surface area contributed by atoms with E-state index in [1.807, 2.05) is 19.2 Å². The van der Waals surface area contributed by atoms with Crippen molar-refractivity contribution < 1.29 is 14.3 Å². The molecule has 1 aliphatic carbocycles. The van der Waals surface area contributed by atoms with Crippen LogP contribution in [0.15, 0.2) is 18.2 Å². The first-order valence-corrected chi connectivity index (χ1v) is 6.80. The quantitative estimate of drug-likeness (QED) is 0.822. The van der Waals surface area contributed by atoms with Crippen LogP contribution in [0.4, 0.5) is 0 Å². The van der Waals surface area contributed by atoms with Gasteiger partial charge in [0.2, 0.25) is 0 Å². The lowest BCUT2D eigenvalue weighted by Crippen LogP contribution is -2.31. The molecule has 2 rings (SSSR count). The van der Waals surface area contributed by atoms with Crippen LogP contribution in [-0.4, -0.2) is 32.3 Å². The van der Waals surface area contributed by atoms with Crippen LogP contribution in [0.2, 0.25) is 0 Å². The number of carbonyl (C=O) groups excluding carboxylic acids is 1. The zero-order valence-corrected chi connectivity index (χ0v) is 11.6. The average Bonchev–Trinajstić information content (AvgIpc) is 2.44. The Kier molecular flexibility index (Phi) is 4.80. The maximum Gasteiger partial charge on any atom is 0.344 e. The van der Waals surface area contributed by atoms with Gasteiger partial charge in [0, 0.05) is 6.04 Å². The first-order valence-electron chi connectivity index (χ1n) is 6.80. The Labute approximate surface area is 114 Å². The van der Waals surface area contributed by atoms with Crippen molar-refractivity contribution in [3.63, 3.8) is 0 Å². The number of nitrogens with one attached hydrogen (secondary N) is 1. The predicted molar refractivity (Wildman–Crippen MR) is 73.4 cm³/mol. The molecular formula is C15H21NO3. The standard InChI is InChI=1S/C15H21NO3/c1-3-18-15(17)10-19-14-7-5-11-4-6-13(16-2)8-12(11)9-14/h5,7,9,13,16H,3-4,6,8,10H2,1-2H3. The van der Waals surface area contributed by atoms with Crippen LogP contribution in [-0.2, 0) is 22.4 Å². The summed E-state index contributed by atoms with van der Waals surface area (Å²) < 4.78 is 10.3. The summed E-state index contributed by atoms with van der Waals surface area (Å²) in [6.07, 6.45) is 3.29. The zero-order chi connectivity index (χ0) is 13.7. The highest BCUT2D eigenvalue weighted by Gasteiger charge is 2.17. The van der Waals surface area contributed by atoms with Crippen LogP contribution in [0.5, 0.6) is 5.75 Å².